The molecule has 2 aliphatic rings. The largest absolute Gasteiger partial charge is 0.492 e. The van der Waals surface area contributed by atoms with Crippen LogP contribution in [0.3, 0.4) is 0 Å². The molecule has 0 aromatic heterocycles. The lowest BCUT2D eigenvalue weighted by molar-refractivity contribution is -0.109. The van der Waals surface area contributed by atoms with Crippen molar-refractivity contribution in [2.45, 2.75) is 38.7 Å². The Labute approximate surface area is 237 Å². The van der Waals surface area contributed by atoms with Crippen LogP contribution in [0.2, 0.25) is 0 Å². The lowest BCUT2D eigenvalue weighted by Gasteiger charge is -2.37. The average molecular weight is 610 g/mol. The summed E-state index contributed by atoms with van der Waals surface area (Å²) in [4.78, 5) is 26.6. The van der Waals surface area contributed by atoms with Crippen molar-refractivity contribution in [3.05, 3.63) is 75.9 Å². The highest BCUT2D eigenvalue weighted by molar-refractivity contribution is 9.11. The summed E-state index contributed by atoms with van der Waals surface area (Å²) in [5.74, 6) is 0.800. The second-order valence-electron chi connectivity index (χ2n) is 8.41. The van der Waals surface area contributed by atoms with E-state index in [9.17, 15) is 9.59 Å². The molecule has 1 aromatic carbocycles. The molecule has 1 aromatic rings. The first-order valence-electron chi connectivity index (χ1n) is 12.3. The molecular formula is C29H31BrCl2O5. The minimum absolute atomic E-state index is 0.0840. The van der Waals surface area contributed by atoms with Crippen molar-refractivity contribution in [2.75, 3.05) is 25.0 Å². The van der Waals surface area contributed by atoms with Gasteiger partial charge in [0.05, 0.1) is 11.8 Å². The summed E-state index contributed by atoms with van der Waals surface area (Å²) in [5, 5.41) is 0. The topological polar surface area (TPSA) is 61.8 Å². The number of Topliss-reactive ketones (excluding diaryl/α,β-unsaturated/α-hetero) is 1. The molecule has 0 spiro atoms. The monoisotopic (exact) mass is 608 g/mol. The van der Waals surface area contributed by atoms with E-state index in [4.69, 9.17) is 37.4 Å². The van der Waals surface area contributed by atoms with E-state index in [0.29, 0.717) is 40.7 Å². The summed E-state index contributed by atoms with van der Waals surface area (Å²) in [6.07, 6.45) is 15.9. The third kappa shape index (κ3) is 6.42. The van der Waals surface area contributed by atoms with Gasteiger partial charge in [0.1, 0.15) is 42.3 Å². The van der Waals surface area contributed by atoms with E-state index >= 15 is 0 Å². The number of carbonyl (C=O) groups excluding carboxylic acids is 2. The Hall–Kier alpha value is -2.28. The molecule has 1 heterocycles. The highest BCUT2D eigenvalue weighted by Gasteiger charge is 2.57. The number of rotatable bonds is 13. The number of aldehydes is 1. The minimum atomic E-state index is -1.49. The Morgan fingerprint density at radius 1 is 1.19 bits per heavy atom. The molecule has 8 heteroatoms. The summed E-state index contributed by atoms with van der Waals surface area (Å²) in [5.41, 5.74) is 0.319. The molecule has 0 bridgehead atoms. The molecule has 3 rings (SSSR count). The first kappa shape index (κ1) is 29.3. The molecule has 0 saturated heterocycles. The predicted octanol–water partition coefficient (Wildman–Crippen LogP) is 7.52. The fourth-order valence-electron chi connectivity index (χ4n) is 4.58. The third-order valence-corrected chi connectivity index (χ3v) is 7.06. The zero-order valence-electron chi connectivity index (χ0n) is 21.0. The van der Waals surface area contributed by atoms with Gasteiger partial charge in [-0.3, -0.25) is 4.79 Å². The number of alkyl halides is 2. The molecule has 0 unspecified atom stereocenters. The molecule has 0 saturated carbocycles. The second kappa shape index (κ2) is 14.0. The van der Waals surface area contributed by atoms with Gasteiger partial charge in [-0.15, -0.1) is 23.2 Å². The van der Waals surface area contributed by atoms with E-state index in [0.717, 1.165) is 22.8 Å². The summed E-state index contributed by atoms with van der Waals surface area (Å²) < 4.78 is 19.2. The van der Waals surface area contributed by atoms with Gasteiger partial charge in [-0.05, 0) is 31.4 Å². The summed E-state index contributed by atoms with van der Waals surface area (Å²) >= 11 is 15.3. The molecule has 1 aliphatic carbocycles. The lowest BCUT2D eigenvalue weighted by Crippen LogP contribution is -2.49. The molecule has 5 nitrogen and oxygen atoms in total. The Morgan fingerprint density at radius 2 is 1.95 bits per heavy atom. The number of carbonyl (C=O) groups is 2. The van der Waals surface area contributed by atoms with Gasteiger partial charge in [-0.25, -0.2) is 0 Å². The number of hydrogen-bond donors (Lipinski definition) is 0. The zero-order chi connectivity index (χ0) is 26.8. The van der Waals surface area contributed by atoms with Crippen molar-refractivity contribution in [3.8, 4) is 17.2 Å². The quantitative estimate of drug-likeness (QED) is 0.131. The predicted molar refractivity (Wildman–Crippen MR) is 153 cm³/mol. The molecule has 0 N–H and O–H groups in total. The number of ketones is 1. The van der Waals surface area contributed by atoms with Gasteiger partial charge in [-0.1, -0.05) is 59.3 Å². The van der Waals surface area contributed by atoms with Gasteiger partial charge >= 0.3 is 0 Å². The van der Waals surface area contributed by atoms with E-state index in [-0.39, 0.29) is 31.3 Å². The zero-order valence-corrected chi connectivity index (χ0v) is 24.1. The van der Waals surface area contributed by atoms with Gasteiger partial charge in [0.15, 0.2) is 0 Å². The normalized spacial score (nSPS) is 20.1. The molecule has 1 aliphatic heterocycles. The molecule has 0 amide bonds. The number of halogens is 3. The van der Waals surface area contributed by atoms with E-state index in [1.165, 1.54) is 0 Å². The number of ether oxygens (including phenoxy) is 3. The molecular weight excluding hydrogens is 579 g/mol. The molecule has 2 atom stereocenters. The maximum Gasteiger partial charge on any atom is 0.219 e. The van der Waals surface area contributed by atoms with Crippen LogP contribution in [-0.4, -0.2) is 42.6 Å². The van der Waals surface area contributed by atoms with Crippen molar-refractivity contribution in [2.24, 2.45) is 5.92 Å². The Balaban J connectivity index is 2.27. The van der Waals surface area contributed by atoms with Crippen molar-refractivity contribution >= 4 is 51.2 Å². The van der Waals surface area contributed by atoms with Crippen molar-refractivity contribution < 1.29 is 23.8 Å². The molecule has 0 fully saturated rings. The van der Waals surface area contributed by atoms with Crippen molar-refractivity contribution in [1.82, 2.24) is 0 Å². The van der Waals surface area contributed by atoms with Crippen LogP contribution >= 0.6 is 39.1 Å². The van der Waals surface area contributed by atoms with Gasteiger partial charge in [-0.2, -0.15) is 0 Å². The van der Waals surface area contributed by atoms with Crippen LogP contribution in [-0.2, 0) is 4.79 Å². The average Bonchev–Trinajstić information content (AvgIpc) is 3.03. The fraction of sp³-hybridized carbons (Fsp3) is 0.379. The maximum atomic E-state index is 14.6. The number of allylic oxidation sites excluding steroid dienone is 7. The Morgan fingerprint density at radius 3 is 2.62 bits per heavy atom. The summed E-state index contributed by atoms with van der Waals surface area (Å²) in [7, 11) is 0. The Kier molecular flexibility index (Phi) is 11.1. The minimum Gasteiger partial charge on any atom is -0.492 e. The van der Waals surface area contributed by atoms with E-state index < -0.39 is 11.5 Å². The van der Waals surface area contributed by atoms with Crippen LogP contribution in [0.1, 0.15) is 43.5 Å². The SMILES string of the molecule is C/C=C(\C=C/CC)[C@H](CC=O)[C@]1(C2=CCC=C(Br)C=C2)Oc2cc(OCCCl)cc(OCCCl)c2C1=O. The highest BCUT2D eigenvalue weighted by Crippen LogP contribution is 2.52. The highest BCUT2D eigenvalue weighted by atomic mass is 79.9. The Bertz CT molecular complexity index is 1150. The van der Waals surface area contributed by atoms with Gasteiger partial charge in [0.25, 0.3) is 0 Å². The standard InChI is InChI=1S/C29H31BrCl2O5/c1-3-5-7-20(4-2)24(12-15-33)29(21-8-6-9-22(30)11-10-21)28(34)27-25(36-17-14-32)18-23(35-16-13-31)19-26(27)37-29/h4-5,7-11,15,18-19,24H,3,6,12-14,16-17H2,1-2H3/b7-5-,20-4+/t24-,29-/m0/s1. The van der Waals surface area contributed by atoms with Gasteiger partial charge < -0.3 is 19.0 Å². The smallest absolute Gasteiger partial charge is 0.219 e. The third-order valence-electron chi connectivity index (χ3n) is 6.16. The maximum absolute atomic E-state index is 14.6. The van der Waals surface area contributed by atoms with Crippen LogP contribution in [0.15, 0.2) is 70.3 Å². The van der Waals surface area contributed by atoms with E-state index in [2.05, 4.69) is 15.9 Å². The van der Waals surface area contributed by atoms with Crippen molar-refractivity contribution in [1.29, 1.82) is 0 Å². The van der Waals surface area contributed by atoms with Crippen LogP contribution in [0.5, 0.6) is 17.2 Å². The first-order valence-corrected chi connectivity index (χ1v) is 14.1. The second-order valence-corrected chi connectivity index (χ2v) is 10.1. The van der Waals surface area contributed by atoms with Crippen LogP contribution < -0.4 is 14.2 Å². The summed E-state index contributed by atoms with van der Waals surface area (Å²) in [6, 6.07) is 3.34. The van der Waals surface area contributed by atoms with Crippen LogP contribution in [0.25, 0.3) is 0 Å². The molecule has 198 valence electrons. The van der Waals surface area contributed by atoms with Crippen LogP contribution in [0.4, 0.5) is 0 Å². The fourth-order valence-corrected chi connectivity index (χ4v) is 5.05. The van der Waals surface area contributed by atoms with Crippen LogP contribution in [0, 0.1) is 5.92 Å². The molecule has 0 radical (unpaired) electrons. The first-order chi connectivity index (χ1) is 18.0. The number of benzene rings is 1. The lowest BCUT2D eigenvalue weighted by atomic mass is 9.71. The summed E-state index contributed by atoms with van der Waals surface area (Å²) in [6.45, 7) is 4.41. The number of fused-ring (bicyclic) bond motifs is 1. The number of hydrogen-bond acceptors (Lipinski definition) is 5. The van der Waals surface area contributed by atoms with Gasteiger partial charge in [0, 0.05) is 34.5 Å². The van der Waals surface area contributed by atoms with Crippen molar-refractivity contribution in [3.63, 3.8) is 0 Å². The van der Waals surface area contributed by atoms with E-state index in [1.54, 1.807) is 12.1 Å². The van der Waals surface area contributed by atoms with Gasteiger partial charge in [0.2, 0.25) is 11.4 Å². The van der Waals surface area contributed by atoms with E-state index in [1.807, 2.05) is 56.4 Å². The molecule has 37 heavy (non-hydrogen) atoms.